The molecule has 4 heteroatoms. The molecule has 1 N–H and O–H groups in total. The Kier molecular flexibility index (Phi) is 3.17. The summed E-state index contributed by atoms with van der Waals surface area (Å²) in [5, 5.41) is 7.34. The van der Waals surface area contributed by atoms with Gasteiger partial charge in [0.15, 0.2) is 0 Å². The van der Waals surface area contributed by atoms with Crippen LogP contribution in [0, 0.1) is 5.92 Å². The zero-order chi connectivity index (χ0) is 13.6. The van der Waals surface area contributed by atoms with Crippen molar-refractivity contribution >= 4 is 11.3 Å². The van der Waals surface area contributed by atoms with E-state index >= 15 is 0 Å². The van der Waals surface area contributed by atoms with Crippen LogP contribution in [-0.2, 0) is 6.54 Å². The first kappa shape index (κ1) is 13.2. The maximum absolute atomic E-state index is 4.53. The second-order valence-electron chi connectivity index (χ2n) is 7.26. The monoisotopic (exact) mass is 291 g/mol. The quantitative estimate of drug-likeness (QED) is 0.928. The molecule has 2 heterocycles. The molecule has 2 saturated carbocycles. The molecule has 1 aromatic rings. The van der Waals surface area contributed by atoms with Crippen LogP contribution in [0.2, 0.25) is 0 Å². The van der Waals surface area contributed by atoms with Crippen LogP contribution in [-0.4, -0.2) is 34.1 Å². The number of hydrogen-bond donors (Lipinski definition) is 1. The summed E-state index contributed by atoms with van der Waals surface area (Å²) in [4.78, 5) is 7.31. The third-order valence-corrected chi connectivity index (χ3v) is 6.60. The van der Waals surface area contributed by atoms with E-state index in [-0.39, 0.29) is 0 Å². The van der Waals surface area contributed by atoms with Gasteiger partial charge in [-0.2, -0.15) is 0 Å². The Bertz CT molecular complexity index is 462. The van der Waals surface area contributed by atoms with Gasteiger partial charge in [0.2, 0.25) is 0 Å². The third-order valence-electron chi connectivity index (χ3n) is 5.83. The number of nitrogens with one attached hydrogen (secondary N) is 1. The molecule has 3 nitrogen and oxygen atoms in total. The Morgan fingerprint density at radius 3 is 2.85 bits per heavy atom. The van der Waals surface area contributed by atoms with Gasteiger partial charge in [0, 0.05) is 35.7 Å². The predicted octanol–water partition coefficient (Wildman–Crippen LogP) is 3.03. The number of nitrogens with zero attached hydrogens (tertiary/aromatic N) is 2. The summed E-state index contributed by atoms with van der Waals surface area (Å²) in [7, 11) is 0. The van der Waals surface area contributed by atoms with Gasteiger partial charge in [-0.15, -0.1) is 11.3 Å². The molecule has 1 unspecified atom stereocenters. The fourth-order valence-corrected chi connectivity index (χ4v) is 4.97. The molecule has 2 aliphatic carbocycles. The minimum absolute atomic E-state index is 0.338. The van der Waals surface area contributed by atoms with Gasteiger partial charge in [-0.05, 0) is 38.5 Å². The van der Waals surface area contributed by atoms with E-state index in [2.05, 4.69) is 27.5 Å². The topological polar surface area (TPSA) is 28.2 Å². The van der Waals surface area contributed by atoms with Crippen LogP contribution in [0.25, 0.3) is 0 Å². The van der Waals surface area contributed by atoms with Crippen molar-refractivity contribution in [2.45, 2.75) is 63.1 Å². The molecular formula is C16H25N3S. The summed E-state index contributed by atoms with van der Waals surface area (Å²) >= 11 is 1.81. The lowest BCUT2D eigenvalue weighted by Crippen LogP contribution is -2.68. The van der Waals surface area contributed by atoms with E-state index in [0.717, 1.165) is 12.5 Å². The lowest BCUT2D eigenvalue weighted by Gasteiger charge is -2.52. The Labute approximate surface area is 125 Å². The van der Waals surface area contributed by atoms with Crippen LogP contribution in [0.5, 0.6) is 0 Å². The summed E-state index contributed by atoms with van der Waals surface area (Å²) in [6.45, 7) is 5.89. The van der Waals surface area contributed by atoms with Crippen molar-refractivity contribution in [1.29, 1.82) is 0 Å². The van der Waals surface area contributed by atoms with Gasteiger partial charge in [-0.25, -0.2) is 4.98 Å². The first-order chi connectivity index (χ1) is 9.70. The minimum atomic E-state index is 0.338. The Balaban J connectivity index is 1.58. The van der Waals surface area contributed by atoms with E-state index in [9.17, 15) is 0 Å². The van der Waals surface area contributed by atoms with Crippen LogP contribution in [0.3, 0.4) is 0 Å². The van der Waals surface area contributed by atoms with Gasteiger partial charge in [0.1, 0.15) is 5.01 Å². The first-order valence-corrected chi connectivity index (χ1v) is 8.97. The summed E-state index contributed by atoms with van der Waals surface area (Å²) < 4.78 is 0. The van der Waals surface area contributed by atoms with Crippen molar-refractivity contribution in [3.63, 3.8) is 0 Å². The summed E-state index contributed by atoms with van der Waals surface area (Å²) in [5.74, 6) is 0.903. The molecule has 3 fully saturated rings. The SMILES string of the molecule is CC1(C2CC2)CN(Cc2nccs2)C2(CCCC2)CN1. The van der Waals surface area contributed by atoms with E-state index in [1.54, 1.807) is 0 Å². The maximum Gasteiger partial charge on any atom is 0.107 e. The highest BCUT2D eigenvalue weighted by atomic mass is 32.1. The summed E-state index contributed by atoms with van der Waals surface area (Å²) in [6.07, 6.45) is 10.3. The fourth-order valence-electron chi connectivity index (χ4n) is 4.34. The Hall–Kier alpha value is -0.450. The number of thiazole rings is 1. The van der Waals surface area contributed by atoms with E-state index < -0.39 is 0 Å². The van der Waals surface area contributed by atoms with Gasteiger partial charge >= 0.3 is 0 Å². The molecule has 20 heavy (non-hydrogen) atoms. The molecule has 0 amide bonds. The number of aromatic nitrogens is 1. The molecular weight excluding hydrogens is 266 g/mol. The van der Waals surface area contributed by atoms with Gasteiger partial charge < -0.3 is 5.32 Å². The average Bonchev–Trinajstić information content (AvgIpc) is 2.99. The van der Waals surface area contributed by atoms with Crippen LogP contribution in [0.1, 0.15) is 50.5 Å². The predicted molar refractivity (Wildman–Crippen MR) is 82.9 cm³/mol. The number of rotatable bonds is 3. The lowest BCUT2D eigenvalue weighted by atomic mass is 9.84. The van der Waals surface area contributed by atoms with Crippen molar-refractivity contribution in [2.24, 2.45) is 5.92 Å². The highest BCUT2D eigenvalue weighted by Gasteiger charge is 2.51. The van der Waals surface area contributed by atoms with Crippen LogP contribution >= 0.6 is 11.3 Å². The van der Waals surface area contributed by atoms with E-state index in [4.69, 9.17) is 0 Å². The zero-order valence-electron chi connectivity index (χ0n) is 12.4. The molecule has 0 bridgehead atoms. The molecule has 1 aromatic heterocycles. The highest BCUT2D eigenvalue weighted by molar-refractivity contribution is 7.09. The number of hydrogen-bond acceptors (Lipinski definition) is 4. The highest BCUT2D eigenvalue weighted by Crippen LogP contribution is 2.46. The Morgan fingerprint density at radius 1 is 1.40 bits per heavy atom. The van der Waals surface area contributed by atoms with Crippen LogP contribution in [0.15, 0.2) is 11.6 Å². The van der Waals surface area contributed by atoms with Crippen molar-refractivity contribution in [1.82, 2.24) is 15.2 Å². The van der Waals surface area contributed by atoms with Gasteiger partial charge in [-0.3, -0.25) is 4.90 Å². The molecule has 4 rings (SSSR count). The minimum Gasteiger partial charge on any atom is -0.308 e. The average molecular weight is 291 g/mol. The fraction of sp³-hybridized carbons (Fsp3) is 0.812. The normalized spacial score (nSPS) is 33.9. The van der Waals surface area contributed by atoms with Gasteiger partial charge in [0.05, 0.1) is 6.54 Å². The van der Waals surface area contributed by atoms with E-state index in [0.29, 0.717) is 11.1 Å². The maximum atomic E-state index is 4.53. The molecule has 3 aliphatic rings. The van der Waals surface area contributed by atoms with Gasteiger partial charge in [-0.1, -0.05) is 12.8 Å². The van der Waals surface area contributed by atoms with Crippen molar-refractivity contribution in [3.05, 3.63) is 16.6 Å². The van der Waals surface area contributed by atoms with Crippen molar-refractivity contribution < 1.29 is 0 Å². The largest absolute Gasteiger partial charge is 0.308 e. The molecule has 1 aliphatic heterocycles. The van der Waals surface area contributed by atoms with Crippen molar-refractivity contribution in [2.75, 3.05) is 13.1 Å². The standard InChI is InChI=1S/C16H25N3S/c1-15(13-4-5-13)12-19(10-14-17-8-9-20-14)16(11-18-15)6-2-3-7-16/h8-9,13,18H,2-7,10-12H2,1H3. The number of piperazine rings is 1. The van der Waals surface area contributed by atoms with Crippen molar-refractivity contribution in [3.8, 4) is 0 Å². The molecule has 0 radical (unpaired) electrons. The molecule has 1 saturated heterocycles. The smallest absolute Gasteiger partial charge is 0.107 e. The van der Waals surface area contributed by atoms with Crippen LogP contribution < -0.4 is 5.32 Å². The zero-order valence-corrected chi connectivity index (χ0v) is 13.2. The molecule has 1 atom stereocenters. The van der Waals surface area contributed by atoms with E-state index in [1.807, 2.05) is 17.5 Å². The second-order valence-corrected chi connectivity index (χ2v) is 8.24. The molecule has 110 valence electrons. The van der Waals surface area contributed by atoms with Gasteiger partial charge in [0.25, 0.3) is 0 Å². The van der Waals surface area contributed by atoms with Crippen LogP contribution in [0.4, 0.5) is 0 Å². The Morgan fingerprint density at radius 2 is 2.20 bits per heavy atom. The molecule has 1 spiro atoms. The molecule has 0 aromatic carbocycles. The first-order valence-electron chi connectivity index (χ1n) is 8.09. The lowest BCUT2D eigenvalue weighted by molar-refractivity contribution is -0.000712. The third kappa shape index (κ3) is 2.22. The summed E-state index contributed by atoms with van der Waals surface area (Å²) in [5.41, 5.74) is 0.755. The van der Waals surface area contributed by atoms with E-state index in [1.165, 1.54) is 56.6 Å². The second kappa shape index (κ2) is 4.79. The summed E-state index contributed by atoms with van der Waals surface area (Å²) in [6, 6.07) is 0.